The lowest BCUT2D eigenvalue weighted by atomic mass is 10.3. The zero-order valence-electron chi connectivity index (χ0n) is 5.82. The first kappa shape index (κ1) is 8.97. The molecular weight excluding hydrogens is 134 g/mol. The van der Waals surface area contributed by atoms with Gasteiger partial charge in [-0.1, -0.05) is 6.08 Å². The van der Waals surface area contributed by atoms with Gasteiger partial charge in [0.15, 0.2) is 0 Å². The van der Waals surface area contributed by atoms with E-state index in [0.29, 0.717) is 0 Å². The molecule has 1 atom stereocenters. The molecule has 4 heteroatoms. The van der Waals surface area contributed by atoms with Crippen molar-refractivity contribution in [3.05, 3.63) is 12.7 Å². The van der Waals surface area contributed by atoms with Crippen LogP contribution in [0.5, 0.6) is 0 Å². The third-order valence-electron chi connectivity index (χ3n) is 1.06. The van der Waals surface area contributed by atoms with Gasteiger partial charge in [0, 0.05) is 7.05 Å². The van der Waals surface area contributed by atoms with Gasteiger partial charge in [0.2, 0.25) is 0 Å². The standard InChI is InChI=1S/C6H11NO3/c1-3-5(8)4-7(2)6(9)10/h3,5,8H,1,4H2,2H3,(H,9,10). The normalized spacial score (nSPS) is 12.2. The van der Waals surface area contributed by atoms with Gasteiger partial charge in [-0.2, -0.15) is 0 Å². The number of likely N-dealkylation sites (N-methyl/N-ethyl adjacent to an activating group) is 1. The lowest BCUT2D eigenvalue weighted by molar-refractivity contribution is 0.127. The van der Waals surface area contributed by atoms with Crippen molar-refractivity contribution in [3.8, 4) is 0 Å². The van der Waals surface area contributed by atoms with Crippen molar-refractivity contribution in [2.45, 2.75) is 6.10 Å². The summed E-state index contributed by atoms with van der Waals surface area (Å²) in [5, 5.41) is 17.2. The van der Waals surface area contributed by atoms with E-state index in [1.807, 2.05) is 0 Å². The van der Waals surface area contributed by atoms with Crippen LogP contribution in [-0.2, 0) is 0 Å². The summed E-state index contributed by atoms with van der Waals surface area (Å²) in [6.07, 6.45) is -0.540. The lowest BCUT2D eigenvalue weighted by Gasteiger charge is -2.14. The molecule has 0 fully saturated rings. The minimum atomic E-state index is -1.05. The van der Waals surface area contributed by atoms with Gasteiger partial charge in [-0.3, -0.25) is 0 Å². The quantitative estimate of drug-likeness (QED) is 0.555. The van der Waals surface area contributed by atoms with Gasteiger partial charge in [0.05, 0.1) is 12.6 Å². The average Bonchev–Trinajstić information content (AvgIpc) is 1.87. The second-order valence-corrected chi connectivity index (χ2v) is 1.97. The second kappa shape index (κ2) is 3.90. The van der Waals surface area contributed by atoms with E-state index in [0.717, 1.165) is 4.90 Å². The maximum atomic E-state index is 10.1. The summed E-state index contributed by atoms with van der Waals surface area (Å²) in [5.41, 5.74) is 0. The van der Waals surface area contributed by atoms with E-state index in [4.69, 9.17) is 10.2 Å². The molecule has 0 aromatic heterocycles. The number of aliphatic hydroxyl groups is 1. The van der Waals surface area contributed by atoms with Crippen LogP contribution in [0, 0.1) is 0 Å². The Morgan fingerprint density at radius 3 is 2.70 bits per heavy atom. The van der Waals surface area contributed by atoms with Crippen LogP contribution in [0.25, 0.3) is 0 Å². The maximum Gasteiger partial charge on any atom is 0.407 e. The smallest absolute Gasteiger partial charge is 0.407 e. The van der Waals surface area contributed by atoms with E-state index in [1.54, 1.807) is 0 Å². The zero-order valence-corrected chi connectivity index (χ0v) is 5.82. The molecular formula is C6H11NO3. The number of nitrogens with zero attached hydrogens (tertiary/aromatic N) is 1. The summed E-state index contributed by atoms with van der Waals surface area (Å²) in [6.45, 7) is 3.37. The Balaban J connectivity index is 3.67. The van der Waals surface area contributed by atoms with Crippen LogP contribution in [0.2, 0.25) is 0 Å². The highest BCUT2D eigenvalue weighted by atomic mass is 16.4. The Bertz CT molecular complexity index is 135. The molecule has 1 amide bonds. The first-order chi connectivity index (χ1) is 4.57. The van der Waals surface area contributed by atoms with Crippen molar-refractivity contribution in [3.63, 3.8) is 0 Å². The first-order valence-corrected chi connectivity index (χ1v) is 2.82. The van der Waals surface area contributed by atoms with Crippen LogP contribution in [0.1, 0.15) is 0 Å². The number of carboxylic acid groups (broad SMARTS) is 1. The third kappa shape index (κ3) is 3.09. The fraction of sp³-hybridized carbons (Fsp3) is 0.500. The Morgan fingerprint density at radius 1 is 1.90 bits per heavy atom. The van der Waals surface area contributed by atoms with Crippen LogP contribution < -0.4 is 0 Å². The molecule has 58 valence electrons. The van der Waals surface area contributed by atoms with Gasteiger partial charge in [-0.25, -0.2) is 4.79 Å². The maximum absolute atomic E-state index is 10.1. The molecule has 0 aliphatic rings. The molecule has 0 bridgehead atoms. The number of hydrogen-bond acceptors (Lipinski definition) is 2. The van der Waals surface area contributed by atoms with Crippen molar-refractivity contribution in [1.29, 1.82) is 0 Å². The number of aliphatic hydroxyl groups excluding tert-OH is 1. The summed E-state index contributed by atoms with van der Waals surface area (Å²) >= 11 is 0. The fourth-order valence-electron chi connectivity index (χ4n) is 0.433. The molecule has 0 radical (unpaired) electrons. The van der Waals surface area contributed by atoms with Gasteiger partial charge >= 0.3 is 6.09 Å². The SMILES string of the molecule is C=CC(O)CN(C)C(=O)O. The van der Waals surface area contributed by atoms with Gasteiger partial charge < -0.3 is 15.1 Å². The van der Waals surface area contributed by atoms with Crippen molar-refractivity contribution in [2.24, 2.45) is 0 Å². The fourth-order valence-corrected chi connectivity index (χ4v) is 0.433. The second-order valence-electron chi connectivity index (χ2n) is 1.97. The van der Waals surface area contributed by atoms with Gasteiger partial charge in [0.1, 0.15) is 0 Å². The Morgan fingerprint density at radius 2 is 2.40 bits per heavy atom. The average molecular weight is 145 g/mol. The molecule has 0 rings (SSSR count). The van der Waals surface area contributed by atoms with Crippen LogP contribution in [0.4, 0.5) is 4.79 Å². The summed E-state index contributed by atoms with van der Waals surface area (Å²) in [4.78, 5) is 11.1. The molecule has 0 saturated heterocycles. The van der Waals surface area contributed by atoms with Crippen LogP contribution in [0.15, 0.2) is 12.7 Å². The largest absolute Gasteiger partial charge is 0.465 e. The molecule has 0 aliphatic heterocycles. The number of carbonyl (C=O) groups is 1. The van der Waals surface area contributed by atoms with Crippen LogP contribution in [-0.4, -0.2) is 40.9 Å². The Kier molecular flexibility index (Phi) is 3.49. The number of rotatable bonds is 3. The molecule has 0 spiro atoms. The van der Waals surface area contributed by atoms with Crippen molar-refractivity contribution in [1.82, 2.24) is 4.90 Å². The zero-order chi connectivity index (χ0) is 8.15. The summed E-state index contributed by atoms with van der Waals surface area (Å²) < 4.78 is 0. The van der Waals surface area contributed by atoms with E-state index in [9.17, 15) is 4.79 Å². The predicted molar refractivity (Wildman–Crippen MR) is 36.9 cm³/mol. The Labute approximate surface area is 59.4 Å². The third-order valence-corrected chi connectivity index (χ3v) is 1.06. The van der Waals surface area contributed by atoms with Crippen molar-refractivity contribution < 1.29 is 15.0 Å². The molecule has 0 saturated carbocycles. The molecule has 0 aromatic rings. The van der Waals surface area contributed by atoms with E-state index in [-0.39, 0.29) is 6.54 Å². The molecule has 2 N–H and O–H groups in total. The monoisotopic (exact) mass is 145 g/mol. The van der Waals surface area contributed by atoms with E-state index in [1.165, 1.54) is 13.1 Å². The van der Waals surface area contributed by atoms with Gasteiger partial charge in [-0.05, 0) is 0 Å². The predicted octanol–water partition coefficient (Wildman–Crippen LogP) is 0.143. The molecule has 0 aromatic carbocycles. The molecule has 4 nitrogen and oxygen atoms in total. The highest BCUT2D eigenvalue weighted by Gasteiger charge is 2.07. The minimum absolute atomic E-state index is 0.0683. The first-order valence-electron chi connectivity index (χ1n) is 2.82. The minimum Gasteiger partial charge on any atom is -0.465 e. The molecule has 0 heterocycles. The van der Waals surface area contributed by atoms with Crippen molar-refractivity contribution in [2.75, 3.05) is 13.6 Å². The highest BCUT2D eigenvalue weighted by Crippen LogP contribution is 1.89. The molecule has 0 aliphatic carbocycles. The highest BCUT2D eigenvalue weighted by molar-refractivity contribution is 5.64. The summed E-state index contributed by atoms with van der Waals surface area (Å²) in [6, 6.07) is 0. The van der Waals surface area contributed by atoms with E-state index < -0.39 is 12.2 Å². The number of hydrogen-bond donors (Lipinski definition) is 2. The summed E-state index contributed by atoms with van der Waals surface area (Å²) in [7, 11) is 1.38. The van der Waals surface area contributed by atoms with E-state index >= 15 is 0 Å². The Hall–Kier alpha value is -1.03. The van der Waals surface area contributed by atoms with Gasteiger partial charge in [0.25, 0.3) is 0 Å². The van der Waals surface area contributed by atoms with Gasteiger partial charge in [-0.15, -0.1) is 6.58 Å². The van der Waals surface area contributed by atoms with Crippen LogP contribution in [0.3, 0.4) is 0 Å². The van der Waals surface area contributed by atoms with E-state index in [2.05, 4.69) is 6.58 Å². The van der Waals surface area contributed by atoms with Crippen molar-refractivity contribution >= 4 is 6.09 Å². The summed E-state index contributed by atoms with van der Waals surface area (Å²) in [5.74, 6) is 0. The van der Waals surface area contributed by atoms with Crippen LogP contribution >= 0.6 is 0 Å². The number of amides is 1. The molecule has 10 heavy (non-hydrogen) atoms. The topological polar surface area (TPSA) is 60.8 Å². The lowest BCUT2D eigenvalue weighted by Crippen LogP contribution is -2.31. The molecule has 1 unspecified atom stereocenters.